The number of fused-ring (bicyclic) bond motifs is 1. The highest BCUT2D eigenvalue weighted by atomic mass is 35.5. The van der Waals surface area contributed by atoms with Crippen molar-refractivity contribution in [2.24, 2.45) is 0 Å². The first-order valence-corrected chi connectivity index (χ1v) is 11.5. The maximum atomic E-state index is 12.4. The lowest BCUT2D eigenvalue weighted by molar-refractivity contribution is -0.113. The van der Waals surface area contributed by atoms with Gasteiger partial charge in [0, 0.05) is 21.7 Å². The first kappa shape index (κ1) is 20.7. The van der Waals surface area contributed by atoms with Crippen LogP contribution in [0.3, 0.4) is 0 Å². The van der Waals surface area contributed by atoms with Gasteiger partial charge in [0.25, 0.3) is 0 Å². The Kier molecular flexibility index (Phi) is 6.52. The molecule has 2 aromatic carbocycles. The molecule has 5 nitrogen and oxygen atoms in total. The van der Waals surface area contributed by atoms with Crippen LogP contribution in [0.25, 0.3) is 21.3 Å². The van der Waals surface area contributed by atoms with Crippen molar-refractivity contribution in [2.45, 2.75) is 11.9 Å². The molecule has 2 heterocycles. The number of carbonyl (C=O) groups is 1. The van der Waals surface area contributed by atoms with Gasteiger partial charge in [0.05, 0.1) is 17.7 Å². The van der Waals surface area contributed by atoms with Gasteiger partial charge in [-0.1, -0.05) is 35.5 Å². The number of rotatable bonds is 7. The number of thioether (sulfide) groups is 1. The summed E-state index contributed by atoms with van der Waals surface area (Å²) in [5.41, 5.74) is 2.82. The van der Waals surface area contributed by atoms with Crippen molar-refractivity contribution in [1.29, 1.82) is 0 Å². The minimum atomic E-state index is -0.0980. The van der Waals surface area contributed by atoms with E-state index in [0.29, 0.717) is 11.6 Å². The third-order valence-electron chi connectivity index (χ3n) is 4.28. The maximum absolute atomic E-state index is 12.4. The summed E-state index contributed by atoms with van der Waals surface area (Å²) in [6, 6.07) is 15.0. The zero-order chi connectivity index (χ0) is 20.9. The summed E-state index contributed by atoms with van der Waals surface area (Å²) < 4.78 is 5.42. The maximum Gasteiger partial charge on any atom is 0.234 e. The van der Waals surface area contributed by atoms with Crippen LogP contribution in [-0.2, 0) is 4.79 Å². The summed E-state index contributed by atoms with van der Waals surface area (Å²) in [5.74, 6) is 0.925. The molecule has 4 aromatic rings. The Morgan fingerprint density at radius 3 is 2.63 bits per heavy atom. The molecule has 0 saturated carbocycles. The van der Waals surface area contributed by atoms with Crippen LogP contribution in [0.2, 0.25) is 5.02 Å². The molecule has 0 saturated heterocycles. The molecule has 1 amide bonds. The standard InChI is InChI=1S/C22H18ClN3O2S2/c1-2-28-17-9-7-16(8-10-17)26-19(27)12-30-22-20-18(11-29-21(20)24-13-25-22)14-3-5-15(23)6-4-14/h3-11,13H,2,12H2,1H3,(H,26,27). The fourth-order valence-corrected chi connectivity index (χ4v) is 4.85. The number of hydrogen-bond acceptors (Lipinski definition) is 6. The van der Waals surface area contributed by atoms with E-state index in [1.54, 1.807) is 11.3 Å². The van der Waals surface area contributed by atoms with Gasteiger partial charge in [0.2, 0.25) is 5.91 Å². The Morgan fingerprint density at radius 1 is 1.13 bits per heavy atom. The van der Waals surface area contributed by atoms with Gasteiger partial charge in [-0.3, -0.25) is 4.79 Å². The largest absolute Gasteiger partial charge is 0.494 e. The Bertz CT molecular complexity index is 1160. The normalized spacial score (nSPS) is 10.9. The average Bonchev–Trinajstić information content (AvgIpc) is 3.19. The molecule has 0 aliphatic rings. The van der Waals surface area contributed by atoms with Gasteiger partial charge in [-0.2, -0.15) is 0 Å². The number of amides is 1. The second kappa shape index (κ2) is 9.47. The van der Waals surface area contributed by atoms with Crippen molar-refractivity contribution in [3.8, 4) is 16.9 Å². The zero-order valence-electron chi connectivity index (χ0n) is 16.1. The summed E-state index contributed by atoms with van der Waals surface area (Å²) >= 11 is 8.98. The van der Waals surface area contributed by atoms with Crippen LogP contribution in [-0.4, -0.2) is 28.2 Å². The number of aromatic nitrogens is 2. The lowest BCUT2D eigenvalue weighted by atomic mass is 10.1. The van der Waals surface area contributed by atoms with E-state index in [9.17, 15) is 4.79 Å². The van der Waals surface area contributed by atoms with E-state index in [4.69, 9.17) is 16.3 Å². The Labute approximate surface area is 187 Å². The molecule has 0 bridgehead atoms. The van der Waals surface area contributed by atoms with E-state index in [1.807, 2.05) is 55.5 Å². The Balaban J connectivity index is 1.49. The monoisotopic (exact) mass is 455 g/mol. The third kappa shape index (κ3) is 4.75. The number of benzene rings is 2. The molecular weight excluding hydrogens is 438 g/mol. The summed E-state index contributed by atoms with van der Waals surface area (Å²) in [6.07, 6.45) is 1.54. The lowest BCUT2D eigenvalue weighted by Crippen LogP contribution is -2.14. The number of thiophene rings is 1. The number of hydrogen-bond donors (Lipinski definition) is 1. The quantitative estimate of drug-likeness (QED) is 0.268. The molecule has 0 spiro atoms. The van der Waals surface area contributed by atoms with Crippen LogP contribution in [0.1, 0.15) is 6.92 Å². The van der Waals surface area contributed by atoms with Crippen LogP contribution in [0.4, 0.5) is 5.69 Å². The van der Waals surface area contributed by atoms with Crippen molar-refractivity contribution in [3.63, 3.8) is 0 Å². The summed E-state index contributed by atoms with van der Waals surface area (Å²) in [6.45, 7) is 2.54. The molecule has 152 valence electrons. The smallest absolute Gasteiger partial charge is 0.234 e. The van der Waals surface area contributed by atoms with Gasteiger partial charge in [0.1, 0.15) is 21.9 Å². The van der Waals surface area contributed by atoms with Crippen LogP contribution in [0.5, 0.6) is 5.75 Å². The molecular formula is C22H18ClN3O2S2. The molecule has 8 heteroatoms. The molecule has 0 fully saturated rings. The van der Waals surface area contributed by atoms with Crippen LogP contribution < -0.4 is 10.1 Å². The Hall–Kier alpha value is -2.61. The number of halogens is 1. The fourth-order valence-electron chi connectivity index (χ4n) is 2.93. The van der Waals surface area contributed by atoms with Crippen LogP contribution in [0.15, 0.2) is 65.3 Å². The zero-order valence-corrected chi connectivity index (χ0v) is 18.5. The molecule has 0 aliphatic heterocycles. The fraction of sp³-hybridized carbons (Fsp3) is 0.136. The van der Waals surface area contributed by atoms with Crippen molar-refractivity contribution in [3.05, 3.63) is 65.3 Å². The number of ether oxygens (including phenoxy) is 1. The number of nitrogens with one attached hydrogen (secondary N) is 1. The van der Waals surface area contributed by atoms with Crippen LogP contribution >= 0.6 is 34.7 Å². The van der Waals surface area contributed by atoms with E-state index in [-0.39, 0.29) is 11.7 Å². The van der Waals surface area contributed by atoms with Crippen molar-refractivity contribution < 1.29 is 9.53 Å². The summed E-state index contributed by atoms with van der Waals surface area (Å²) in [4.78, 5) is 22.1. The molecule has 0 radical (unpaired) electrons. The number of anilines is 1. The molecule has 4 rings (SSSR count). The number of nitrogens with zero attached hydrogens (tertiary/aromatic N) is 2. The highest BCUT2D eigenvalue weighted by molar-refractivity contribution is 8.00. The van der Waals surface area contributed by atoms with Crippen molar-refractivity contribution in [1.82, 2.24) is 9.97 Å². The van der Waals surface area contributed by atoms with E-state index in [2.05, 4.69) is 20.7 Å². The van der Waals surface area contributed by atoms with Gasteiger partial charge in [-0.25, -0.2) is 9.97 Å². The van der Waals surface area contributed by atoms with Crippen LogP contribution in [0, 0.1) is 0 Å². The van der Waals surface area contributed by atoms with Gasteiger partial charge in [-0.15, -0.1) is 11.3 Å². The second-order valence-corrected chi connectivity index (χ2v) is 8.57. The van der Waals surface area contributed by atoms with Gasteiger partial charge in [0.15, 0.2) is 0 Å². The summed E-state index contributed by atoms with van der Waals surface area (Å²) in [5, 5.41) is 7.40. The highest BCUT2D eigenvalue weighted by Gasteiger charge is 2.15. The van der Waals surface area contributed by atoms with Crippen molar-refractivity contribution in [2.75, 3.05) is 17.7 Å². The van der Waals surface area contributed by atoms with Gasteiger partial charge >= 0.3 is 0 Å². The van der Waals surface area contributed by atoms with E-state index < -0.39 is 0 Å². The molecule has 0 aliphatic carbocycles. The third-order valence-corrected chi connectivity index (χ3v) is 6.41. The predicted molar refractivity (Wildman–Crippen MR) is 125 cm³/mol. The predicted octanol–water partition coefficient (Wildman–Crippen LogP) is 6.14. The van der Waals surface area contributed by atoms with Gasteiger partial charge in [-0.05, 0) is 48.9 Å². The highest BCUT2D eigenvalue weighted by Crippen LogP contribution is 2.38. The SMILES string of the molecule is CCOc1ccc(NC(=O)CSc2ncnc3scc(-c4ccc(Cl)cc4)c23)cc1. The first-order valence-electron chi connectivity index (χ1n) is 9.27. The Morgan fingerprint density at radius 2 is 1.90 bits per heavy atom. The van der Waals surface area contributed by atoms with Crippen molar-refractivity contribution >= 4 is 56.5 Å². The molecule has 0 unspecified atom stereocenters. The first-order chi connectivity index (χ1) is 14.6. The topological polar surface area (TPSA) is 64.1 Å². The van der Waals surface area contributed by atoms with E-state index in [0.717, 1.165) is 37.8 Å². The molecule has 0 atom stereocenters. The van der Waals surface area contributed by atoms with E-state index >= 15 is 0 Å². The average molecular weight is 456 g/mol. The van der Waals surface area contributed by atoms with Gasteiger partial charge < -0.3 is 10.1 Å². The lowest BCUT2D eigenvalue weighted by Gasteiger charge is -2.08. The molecule has 1 N–H and O–H groups in total. The minimum Gasteiger partial charge on any atom is -0.494 e. The summed E-state index contributed by atoms with van der Waals surface area (Å²) in [7, 11) is 0. The number of carbonyl (C=O) groups excluding carboxylic acids is 1. The van der Waals surface area contributed by atoms with E-state index in [1.165, 1.54) is 18.1 Å². The molecule has 2 aromatic heterocycles. The molecule has 30 heavy (non-hydrogen) atoms. The minimum absolute atomic E-state index is 0.0980. The second-order valence-electron chi connectivity index (χ2n) is 6.31.